The van der Waals surface area contributed by atoms with Crippen molar-refractivity contribution in [1.82, 2.24) is 9.97 Å². The molecule has 0 amide bonds. The zero-order valence-corrected chi connectivity index (χ0v) is 14.6. The fraction of sp³-hybridized carbons (Fsp3) is 0.300. The van der Waals surface area contributed by atoms with Crippen LogP contribution in [0.2, 0.25) is 0 Å². The number of furan rings is 1. The van der Waals surface area contributed by atoms with E-state index < -0.39 is 0 Å². The highest BCUT2D eigenvalue weighted by molar-refractivity contribution is 7.17. The zero-order valence-electron chi connectivity index (χ0n) is 13.8. The summed E-state index contributed by atoms with van der Waals surface area (Å²) in [6.07, 6.45) is 7.85. The summed E-state index contributed by atoms with van der Waals surface area (Å²) in [7, 11) is 0. The van der Waals surface area contributed by atoms with Crippen molar-refractivity contribution in [2.45, 2.75) is 38.2 Å². The van der Waals surface area contributed by atoms with Gasteiger partial charge in [-0.05, 0) is 37.8 Å². The highest BCUT2D eigenvalue weighted by Crippen LogP contribution is 2.40. The number of para-hydroxylation sites is 1. The Hall–Kier alpha value is -2.40. The van der Waals surface area contributed by atoms with E-state index in [4.69, 9.17) is 9.15 Å². The van der Waals surface area contributed by atoms with Crippen LogP contribution in [0.5, 0.6) is 5.88 Å². The van der Waals surface area contributed by atoms with Crippen molar-refractivity contribution < 1.29 is 9.15 Å². The van der Waals surface area contributed by atoms with Gasteiger partial charge in [-0.3, -0.25) is 0 Å². The number of fused-ring (bicyclic) bond motifs is 2. The maximum Gasteiger partial charge on any atom is 0.226 e. The van der Waals surface area contributed by atoms with Crippen molar-refractivity contribution in [2.24, 2.45) is 0 Å². The number of thiophene rings is 1. The number of hydrogen-bond donors (Lipinski definition) is 0. The molecular formula is C20H18N2O2S. The number of ether oxygens (including phenoxy) is 1. The van der Waals surface area contributed by atoms with Gasteiger partial charge < -0.3 is 9.15 Å². The lowest BCUT2D eigenvalue weighted by molar-refractivity contribution is 0.151. The minimum Gasteiger partial charge on any atom is -0.474 e. The van der Waals surface area contributed by atoms with E-state index in [1.165, 1.54) is 19.3 Å². The Kier molecular flexibility index (Phi) is 3.67. The molecule has 4 aromatic rings. The maximum absolute atomic E-state index is 6.28. The van der Waals surface area contributed by atoms with Crippen LogP contribution in [0, 0.1) is 0 Å². The zero-order chi connectivity index (χ0) is 16.6. The van der Waals surface area contributed by atoms with E-state index in [1.807, 2.05) is 18.2 Å². The van der Waals surface area contributed by atoms with Crippen molar-refractivity contribution >= 4 is 32.5 Å². The molecule has 1 aliphatic carbocycles. The molecule has 0 saturated heterocycles. The third-order valence-corrected chi connectivity index (χ3v) is 5.74. The molecule has 4 nitrogen and oxygen atoms in total. The lowest BCUT2D eigenvalue weighted by atomic mass is 9.98. The SMILES string of the molecule is c1ccc2oc(-c3csc4ncnc(OC5CCCCC5)c34)cc2c1. The number of nitrogens with zero attached hydrogens (tertiary/aromatic N) is 2. The van der Waals surface area contributed by atoms with Gasteiger partial charge in [-0.15, -0.1) is 11.3 Å². The Balaban J connectivity index is 1.60. The quantitative estimate of drug-likeness (QED) is 0.467. The van der Waals surface area contributed by atoms with Gasteiger partial charge in [-0.2, -0.15) is 0 Å². The number of aromatic nitrogens is 2. The van der Waals surface area contributed by atoms with Crippen LogP contribution in [0.25, 0.3) is 32.5 Å². The first-order valence-corrected chi connectivity index (χ1v) is 9.64. The monoisotopic (exact) mass is 350 g/mol. The predicted octanol–water partition coefficient (Wildman–Crippen LogP) is 5.82. The van der Waals surface area contributed by atoms with Crippen molar-refractivity contribution in [2.75, 3.05) is 0 Å². The summed E-state index contributed by atoms with van der Waals surface area (Å²) in [5.74, 6) is 1.53. The second-order valence-electron chi connectivity index (χ2n) is 6.53. The van der Waals surface area contributed by atoms with E-state index >= 15 is 0 Å². The Labute approximate surface area is 149 Å². The topological polar surface area (TPSA) is 48.2 Å². The van der Waals surface area contributed by atoms with Crippen LogP contribution in [0.15, 0.2) is 46.5 Å². The molecule has 0 atom stereocenters. The second-order valence-corrected chi connectivity index (χ2v) is 7.39. The minimum atomic E-state index is 0.260. The van der Waals surface area contributed by atoms with Gasteiger partial charge in [0.2, 0.25) is 5.88 Å². The molecule has 25 heavy (non-hydrogen) atoms. The molecule has 0 unspecified atom stereocenters. The second kappa shape index (κ2) is 6.15. The molecule has 1 fully saturated rings. The van der Waals surface area contributed by atoms with E-state index in [-0.39, 0.29) is 6.10 Å². The first-order valence-electron chi connectivity index (χ1n) is 8.76. The Bertz CT molecular complexity index is 997. The van der Waals surface area contributed by atoms with E-state index in [2.05, 4.69) is 27.5 Å². The summed E-state index contributed by atoms with van der Waals surface area (Å²) in [5.41, 5.74) is 1.91. The van der Waals surface area contributed by atoms with Crippen LogP contribution in [0.1, 0.15) is 32.1 Å². The number of hydrogen-bond acceptors (Lipinski definition) is 5. The average molecular weight is 350 g/mol. The van der Waals surface area contributed by atoms with Crippen LogP contribution in [-0.2, 0) is 0 Å². The summed E-state index contributed by atoms with van der Waals surface area (Å²) < 4.78 is 12.3. The summed E-state index contributed by atoms with van der Waals surface area (Å²) in [5, 5.41) is 4.16. The van der Waals surface area contributed by atoms with E-state index in [0.29, 0.717) is 5.88 Å². The Morgan fingerprint density at radius 2 is 1.96 bits per heavy atom. The lowest BCUT2D eigenvalue weighted by Gasteiger charge is -2.22. The van der Waals surface area contributed by atoms with Gasteiger partial charge in [0.05, 0.1) is 5.39 Å². The third-order valence-electron chi connectivity index (χ3n) is 4.86. The van der Waals surface area contributed by atoms with Gasteiger partial charge in [0.1, 0.15) is 28.6 Å². The molecule has 5 rings (SSSR count). The first-order chi connectivity index (χ1) is 12.4. The molecule has 1 saturated carbocycles. The van der Waals surface area contributed by atoms with E-state index in [9.17, 15) is 0 Å². The highest BCUT2D eigenvalue weighted by Gasteiger charge is 2.21. The molecule has 0 bridgehead atoms. The molecule has 0 spiro atoms. The van der Waals surface area contributed by atoms with Crippen LogP contribution in [-0.4, -0.2) is 16.1 Å². The molecule has 3 aromatic heterocycles. The highest BCUT2D eigenvalue weighted by atomic mass is 32.1. The molecule has 3 heterocycles. The average Bonchev–Trinajstić information content (AvgIpc) is 3.27. The van der Waals surface area contributed by atoms with Crippen molar-refractivity contribution in [3.8, 4) is 17.2 Å². The first kappa shape index (κ1) is 14.9. The van der Waals surface area contributed by atoms with Crippen LogP contribution in [0.4, 0.5) is 0 Å². The molecular weight excluding hydrogens is 332 g/mol. The molecule has 0 radical (unpaired) electrons. The number of benzene rings is 1. The maximum atomic E-state index is 6.28. The van der Waals surface area contributed by atoms with Crippen molar-refractivity contribution in [1.29, 1.82) is 0 Å². The van der Waals surface area contributed by atoms with Gasteiger partial charge in [0.15, 0.2) is 0 Å². The van der Waals surface area contributed by atoms with Crippen molar-refractivity contribution in [3.05, 3.63) is 42.0 Å². The molecule has 126 valence electrons. The Morgan fingerprint density at radius 3 is 2.84 bits per heavy atom. The summed E-state index contributed by atoms with van der Waals surface area (Å²) in [4.78, 5) is 9.81. The van der Waals surface area contributed by atoms with Crippen LogP contribution >= 0.6 is 11.3 Å². The molecule has 1 aliphatic rings. The van der Waals surface area contributed by atoms with Gasteiger partial charge in [-0.25, -0.2) is 9.97 Å². The van der Waals surface area contributed by atoms with Gasteiger partial charge in [0, 0.05) is 16.3 Å². The summed E-state index contributed by atoms with van der Waals surface area (Å²) >= 11 is 1.60. The van der Waals surface area contributed by atoms with Crippen LogP contribution < -0.4 is 4.74 Å². The molecule has 5 heteroatoms. The van der Waals surface area contributed by atoms with E-state index in [1.54, 1.807) is 17.7 Å². The fourth-order valence-electron chi connectivity index (χ4n) is 3.57. The smallest absolute Gasteiger partial charge is 0.226 e. The standard InChI is InChI=1S/C20H18N2O2S/c1-2-7-14(8-3-1)23-19-18-15(11-25-20(18)22-12-21-19)17-10-13-6-4-5-9-16(13)24-17/h4-6,9-12,14H,1-3,7-8H2. The molecule has 0 aliphatic heterocycles. The summed E-state index contributed by atoms with van der Waals surface area (Å²) in [6, 6.07) is 10.1. The molecule has 1 aromatic carbocycles. The van der Waals surface area contributed by atoms with Gasteiger partial charge in [0.25, 0.3) is 0 Å². The summed E-state index contributed by atoms with van der Waals surface area (Å²) in [6.45, 7) is 0. The van der Waals surface area contributed by atoms with E-state index in [0.717, 1.165) is 45.4 Å². The molecule has 0 N–H and O–H groups in total. The normalized spacial score (nSPS) is 15.8. The predicted molar refractivity (Wildman–Crippen MR) is 100 cm³/mol. The third kappa shape index (κ3) is 2.68. The van der Waals surface area contributed by atoms with Gasteiger partial charge >= 0.3 is 0 Å². The van der Waals surface area contributed by atoms with Gasteiger partial charge in [-0.1, -0.05) is 24.6 Å². The minimum absolute atomic E-state index is 0.260. The van der Waals surface area contributed by atoms with Crippen LogP contribution in [0.3, 0.4) is 0 Å². The fourth-order valence-corrected chi connectivity index (χ4v) is 4.46. The number of rotatable bonds is 3. The Morgan fingerprint density at radius 1 is 1.08 bits per heavy atom. The lowest BCUT2D eigenvalue weighted by Crippen LogP contribution is -2.20. The van der Waals surface area contributed by atoms with Crippen molar-refractivity contribution in [3.63, 3.8) is 0 Å². The largest absolute Gasteiger partial charge is 0.474 e.